The van der Waals surface area contributed by atoms with E-state index in [1.54, 1.807) is 12.1 Å². The number of anilines is 3. The Morgan fingerprint density at radius 3 is 2.34 bits per heavy atom. The van der Waals surface area contributed by atoms with E-state index >= 15 is 4.39 Å². The zero-order valence-corrected chi connectivity index (χ0v) is 27.2. The van der Waals surface area contributed by atoms with Gasteiger partial charge in [-0.05, 0) is 75.2 Å². The van der Waals surface area contributed by atoms with Gasteiger partial charge in [0.25, 0.3) is 0 Å². The predicted octanol–water partition coefficient (Wildman–Crippen LogP) is 6.88. The maximum absolute atomic E-state index is 15.1. The van der Waals surface area contributed by atoms with Gasteiger partial charge in [0.05, 0.1) is 18.0 Å². The molecule has 1 aromatic heterocycles. The van der Waals surface area contributed by atoms with E-state index in [0.29, 0.717) is 24.1 Å². The highest BCUT2D eigenvalue weighted by Crippen LogP contribution is 2.31. The van der Waals surface area contributed by atoms with Gasteiger partial charge in [0, 0.05) is 69.2 Å². The molecule has 1 fully saturated rings. The fourth-order valence-corrected chi connectivity index (χ4v) is 5.27. The Bertz CT molecular complexity index is 1730. The molecule has 0 radical (unpaired) electrons. The van der Waals surface area contributed by atoms with Gasteiger partial charge >= 0.3 is 6.09 Å². The van der Waals surface area contributed by atoms with Gasteiger partial charge in [-0.3, -0.25) is 4.90 Å². The van der Waals surface area contributed by atoms with Crippen LogP contribution in [-0.4, -0.2) is 79.3 Å². The van der Waals surface area contributed by atoms with Crippen LogP contribution in [0.5, 0.6) is 11.6 Å². The number of likely N-dealkylation sites (N-methyl/N-ethyl adjacent to an activating group) is 1. The highest BCUT2D eigenvalue weighted by molar-refractivity contribution is 5.88. The summed E-state index contributed by atoms with van der Waals surface area (Å²) in [7, 11) is 3.44. The number of carbonyl (C=O) groups excluding carboxylic acids is 1. The van der Waals surface area contributed by atoms with E-state index < -0.39 is 23.5 Å². The molecule has 9 nitrogen and oxygen atoms in total. The average molecular weight is 649 g/mol. The topological polar surface area (TPSA) is 83.1 Å². The maximum atomic E-state index is 15.1. The lowest BCUT2D eigenvalue weighted by Crippen LogP contribution is -2.44. The number of amides is 1. The zero-order chi connectivity index (χ0) is 33.7. The zero-order valence-electron chi connectivity index (χ0n) is 27.2. The molecule has 1 aliphatic heterocycles. The first-order valence-corrected chi connectivity index (χ1v) is 15.4. The summed E-state index contributed by atoms with van der Waals surface area (Å²) in [5, 5.41) is 3.00. The van der Waals surface area contributed by atoms with E-state index in [0.717, 1.165) is 78.4 Å². The molecular weight excluding hydrogens is 609 g/mol. The van der Waals surface area contributed by atoms with Crippen molar-refractivity contribution in [2.45, 2.75) is 27.2 Å². The van der Waals surface area contributed by atoms with Gasteiger partial charge in [0.15, 0.2) is 11.6 Å². The number of ether oxygens (including phenoxy) is 2. The lowest BCUT2D eigenvalue weighted by atomic mass is 9.97. The van der Waals surface area contributed by atoms with Crippen molar-refractivity contribution >= 4 is 23.4 Å². The molecular formula is C35H39F3N6O3. The third-order valence-corrected chi connectivity index (χ3v) is 8.40. The van der Waals surface area contributed by atoms with E-state index in [1.807, 2.05) is 32.9 Å². The van der Waals surface area contributed by atoms with Crippen LogP contribution in [0.1, 0.15) is 23.1 Å². The first-order valence-electron chi connectivity index (χ1n) is 15.4. The van der Waals surface area contributed by atoms with E-state index in [2.05, 4.69) is 32.1 Å². The molecule has 1 aliphatic rings. The molecule has 47 heavy (non-hydrogen) atoms. The van der Waals surface area contributed by atoms with Crippen LogP contribution in [0.15, 0.2) is 54.6 Å². The second-order valence-corrected chi connectivity index (χ2v) is 11.8. The van der Waals surface area contributed by atoms with Gasteiger partial charge in [-0.25, -0.2) is 22.9 Å². The van der Waals surface area contributed by atoms with Crippen LogP contribution in [-0.2, 0) is 0 Å². The van der Waals surface area contributed by atoms with E-state index in [-0.39, 0.29) is 23.3 Å². The summed E-state index contributed by atoms with van der Waals surface area (Å²) in [5.74, 6) is -2.16. The van der Waals surface area contributed by atoms with Crippen molar-refractivity contribution in [2.24, 2.45) is 0 Å². The molecule has 0 bridgehead atoms. The summed E-state index contributed by atoms with van der Waals surface area (Å²) < 4.78 is 53.9. The summed E-state index contributed by atoms with van der Waals surface area (Å²) in [5.41, 5.74) is 4.69. The van der Waals surface area contributed by atoms with Crippen LogP contribution in [0.2, 0.25) is 0 Å². The fourth-order valence-electron chi connectivity index (χ4n) is 5.27. The summed E-state index contributed by atoms with van der Waals surface area (Å²) in [6.07, 6.45) is -0.144. The Hall–Kier alpha value is -4.68. The van der Waals surface area contributed by atoms with Crippen molar-refractivity contribution < 1.29 is 27.4 Å². The van der Waals surface area contributed by atoms with Gasteiger partial charge in [-0.1, -0.05) is 12.1 Å². The summed E-state index contributed by atoms with van der Waals surface area (Å²) in [4.78, 5) is 27.6. The molecule has 1 N–H and O–H groups in total. The Labute approximate surface area is 272 Å². The van der Waals surface area contributed by atoms with Crippen molar-refractivity contribution in [2.75, 3.05) is 63.6 Å². The second kappa shape index (κ2) is 14.8. The van der Waals surface area contributed by atoms with Gasteiger partial charge < -0.3 is 24.6 Å². The fraction of sp³-hybridized carbons (Fsp3) is 0.343. The van der Waals surface area contributed by atoms with Crippen molar-refractivity contribution in [3.05, 3.63) is 88.7 Å². The van der Waals surface area contributed by atoms with Gasteiger partial charge in [0.2, 0.25) is 11.8 Å². The number of hydrogen-bond donors (Lipinski definition) is 1. The molecule has 4 aromatic rings. The Balaban J connectivity index is 1.33. The molecule has 12 heteroatoms. The van der Waals surface area contributed by atoms with Crippen molar-refractivity contribution in [1.29, 1.82) is 0 Å². The van der Waals surface area contributed by atoms with Crippen LogP contribution in [0, 0.1) is 38.2 Å². The number of benzene rings is 3. The average Bonchev–Trinajstić information content (AvgIpc) is 3.02. The molecule has 1 saturated heterocycles. The minimum Gasteiger partial charge on any atom is -0.490 e. The minimum atomic E-state index is -0.928. The third kappa shape index (κ3) is 8.57. The highest BCUT2D eigenvalue weighted by Gasteiger charge is 2.19. The van der Waals surface area contributed by atoms with Crippen LogP contribution < -0.4 is 19.7 Å². The lowest BCUT2D eigenvalue weighted by Gasteiger charge is -2.32. The van der Waals surface area contributed by atoms with Crippen molar-refractivity contribution in [3.8, 4) is 22.9 Å². The number of nitrogens with zero attached hydrogens (tertiary/aromatic N) is 5. The van der Waals surface area contributed by atoms with Crippen molar-refractivity contribution in [3.63, 3.8) is 0 Å². The number of aromatic nitrogens is 2. The smallest absolute Gasteiger partial charge is 0.420 e. The van der Waals surface area contributed by atoms with E-state index in [4.69, 9.17) is 9.47 Å². The summed E-state index contributed by atoms with van der Waals surface area (Å²) >= 11 is 0. The van der Waals surface area contributed by atoms with Crippen LogP contribution in [0.25, 0.3) is 11.3 Å². The molecule has 0 spiro atoms. The van der Waals surface area contributed by atoms with E-state index in [9.17, 15) is 13.6 Å². The number of piperazine rings is 1. The molecule has 0 atom stereocenters. The summed E-state index contributed by atoms with van der Waals surface area (Å²) in [6, 6.07) is 12.6. The SMILES string of the molecule is Cc1ccc(-c2cc(OC(=O)N(C)c3cc(F)cc(F)c3)nc(Nc3ccc(OCCCN4CCN(C)CC4)c(F)c3)n2)c(C)c1C. The third-order valence-electron chi connectivity index (χ3n) is 8.40. The van der Waals surface area contributed by atoms with Gasteiger partial charge in [-0.15, -0.1) is 0 Å². The number of carbonyl (C=O) groups is 1. The molecule has 0 aliphatic carbocycles. The quantitative estimate of drug-likeness (QED) is 0.187. The number of nitrogens with one attached hydrogen (secondary N) is 1. The molecule has 0 unspecified atom stereocenters. The largest absolute Gasteiger partial charge is 0.490 e. The molecule has 3 aromatic carbocycles. The van der Waals surface area contributed by atoms with Crippen LogP contribution in [0.4, 0.5) is 35.3 Å². The predicted molar refractivity (Wildman–Crippen MR) is 176 cm³/mol. The first-order chi connectivity index (χ1) is 22.5. The molecule has 248 valence electrons. The molecule has 5 rings (SSSR count). The van der Waals surface area contributed by atoms with Gasteiger partial charge in [-0.2, -0.15) is 4.98 Å². The number of hydrogen-bond acceptors (Lipinski definition) is 8. The highest BCUT2D eigenvalue weighted by atomic mass is 19.1. The number of halogens is 3. The normalized spacial score (nSPS) is 13.8. The maximum Gasteiger partial charge on any atom is 0.420 e. The molecule has 0 saturated carbocycles. The second-order valence-electron chi connectivity index (χ2n) is 11.8. The van der Waals surface area contributed by atoms with Crippen LogP contribution in [0.3, 0.4) is 0 Å². The Morgan fingerprint density at radius 2 is 1.64 bits per heavy atom. The Morgan fingerprint density at radius 1 is 0.915 bits per heavy atom. The number of aryl methyl sites for hydroxylation is 1. The Kier molecular flexibility index (Phi) is 10.6. The molecule has 1 amide bonds. The number of rotatable bonds is 10. The minimum absolute atomic E-state index is 0.0396. The standard InChI is InChI=1S/C35H39F3N6O3/c1-22-7-9-29(24(3)23(22)2)31-21-33(47-35(45)43(5)28-18-25(36)17-26(37)19-28)41-34(40-31)39-27-8-10-32(30(38)20-27)46-16-6-11-44-14-12-42(4)13-15-44/h7-10,17-21H,6,11-16H2,1-5H3,(H,39,40,41). The first kappa shape index (κ1) is 33.7. The van der Waals surface area contributed by atoms with E-state index in [1.165, 1.54) is 19.2 Å². The summed E-state index contributed by atoms with van der Waals surface area (Å²) in [6.45, 7) is 11.4. The van der Waals surface area contributed by atoms with Crippen molar-refractivity contribution in [1.82, 2.24) is 19.8 Å². The lowest BCUT2D eigenvalue weighted by molar-refractivity contribution is 0.145. The monoisotopic (exact) mass is 648 g/mol. The molecule has 2 heterocycles. The van der Waals surface area contributed by atoms with Gasteiger partial charge in [0.1, 0.15) is 11.6 Å². The van der Waals surface area contributed by atoms with Crippen LogP contribution >= 0.6 is 0 Å².